The third-order valence-corrected chi connectivity index (χ3v) is 3.27. The van der Waals surface area contributed by atoms with Crippen molar-refractivity contribution in [2.75, 3.05) is 18.2 Å². The average Bonchev–Trinajstić information content (AvgIpc) is 2.78. The Balaban J connectivity index is 2.17. The molecule has 0 aliphatic carbocycles. The lowest BCUT2D eigenvalue weighted by Crippen LogP contribution is -2.14. The predicted molar refractivity (Wildman–Crippen MR) is 73.2 cm³/mol. The molecule has 0 unspecified atom stereocenters. The van der Waals surface area contributed by atoms with Crippen LogP contribution in [0.3, 0.4) is 0 Å². The molecule has 0 saturated heterocycles. The van der Waals surface area contributed by atoms with E-state index in [1.807, 2.05) is 6.07 Å². The Morgan fingerprint density at radius 3 is 3.05 bits per heavy atom. The lowest BCUT2D eigenvalue weighted by atomic mass is 10.2. The molecule has 100 valence electrons. The zero-order valence-corrected chi connectivity index (χ0v) is 11.0. The minimum atomic E-state index is -0.605. The number of nitrogens with one attached hydrogen (secondary N) is 1. The number of ether oxygens (including phenoxy) is 1. The van der Waals surface area contributed by atoms with Crippen molar-refractivity contribution in [1.29, 1.82) is 0 Å². The second kappa shape index (κ2) is 5.53. The maximum Gasteiger partial charge on any atom is 0.255 e. The number of anilines is 2. The summed E-state index contributed by atoms with van der Waals surface area (Å²) in [5.74, 6) is 0.0539. The summed E-state index contributed by atoms with van der Waals surface area (Å²) in [7, 11) is 1.55. The van der Waals surface area contributed by atoms with Crippen molar-refractivity contribution in [2.24, 2.45) is 5.73 Å². The van der Waals surface area contributed by atoms with Crippen molar-refractivity contribution in [3.05, 3.63) is 29.5 Å². The molecule has 0 aromatic carbocycles. The van der Waals surface area contributed by atoms with Gasteiger partial charge in [-0.25, -0.2) is 4.98 Å². The van der Waals surface area contributed by atoms with E-state index in [1.165, 1.54) is 0 Å². The lowest BCUT2D eigenvalue weighted by molar-refractivity contribution is 0.100. The summed E-state index contributed by atoms with van der Waals surface area (Å²) in [6.45, 7) is 0.429. The highest BCUT2D eigenvalue weighted by atomic mass is 32.1. The maximum atomic E-state index is 11.3. The topological polar surface area (TPSA) is 116 Å². The maximum absolute atomic E-state index is 11.3. The highest BCUT2D eigenvalue weighted by molar-refractivity contribution is 7.11. The molecule has 0 bridgehead atoms. The van der Waals surface area contributed by atoms with Crippen LogP contribution in [-0.2, 0) is 6.54 Å². The Bertz CT molecular complexity index is 599. The first kappa shape index (κ1) is 13.1. The molecule has 5 N–H and O–H groups in total. The van der Waals surface area contributed by atoms with Crippen molar-refractivity contribution in [3.8, 4) is 5.88 Å². The Kier molecular flexibility index (Phi) is 3.81. The van der Waals surface area contributed by atoms with E-state index in [0.29, 0.717) is 17.4 Å². The second-order valence-corrected chi connectivity index (χ2v) is 4.43. The van der Waals surface area contributed by atoms with Gasteiger partial charge in [0.25, 0.3) is 5.91 Å². The molecule has 2 heterocycles. The van der Waals surface area contributed by atoms with Crippen molar-refractivity contribution in [2.45, 2.75) is 6.54 Å². The Hall–Kier alpha value is -2.35. The van der Waals surface area contributed by atoms with Crippen LogP contribution >= 0.6 is 11.5 Å². The number of nitrogens with zero attached hydrogens (tertiary/aromatic N) is 2. The minimum absolute atomic E-state index is 0.137. The van der Waals surface area contributed by atoms with Gasteiger partial charge < -0.3 is 21.5 Å². The zero-order chi connectivity index (χ0) is 13.8. The monoisotopic (exact) mass is 279 g/mol. The van der Waals surface area contributed by atoms with Crippen LogP contribution in [0, 0.1) is 0 Å². The van der Waals surface area contributed by atoms with Gasteiger partial charge in [-0.1, -0.05) is 6.07 Å². The molecule has 8 heteroatoms. The van der Waals surface area contributed by atoms with Crippen molar-refractivity contribution in [1.82, 2.24) is 9.36 Å². The minimum Gasteiger partial charge on any atom is -0.481 e. The third-order valence-electron chi connectivity index (χ3n) is 2.45. The fourth-order valence-corrected chi connectivity index (χ4v) is 2.29. The van der Waals surface area contributed by atoms with Crippen LogP contribution in [-0.4, -0.2) is 22.4 Å². The molecule has 1 amide bonds. The van der Waals surface area contributed by atoms with E-state index >= 15 is 0 Å². The number of rotatable bonds is 5. The largest absolute Gasteiger partial charge is 0.481 e. The van der Waals surface area contributed by atoms with Crippen LogP contribution in [0.4, 0.5) is 10.8 Å². The van der Waals surface area contributed by atoms with E-state index in [9.17, 15) is 4.79 Å². The first-order chi connectivity index (χ1) is 9.13. The third kappa shape index (κ3) is 2.74. The van der Waals surface area contributed by atoms with Gasteiger partial charge in [-0.2, -0.15) is 4.37 Å². The first-order valence-electron chi connectivity index (χ1n) is 5.40. The number of methoxy groups -OCH3 is 1. The van der Waals surface area contributed by atoms with Crippen LogP contribution < -0.4 is 21.5 Å². The Labute approximate surface area is 113 Å². The number of carbonyl (C=O) groups excluding carboxylic acids is 1. The van der Waals surface area contributed by atoms with Gasteiger partial charge in [-0.05, 0) is 17.6 Å². The molecule has 0 aliphatic heterocycles. The summed E-state index contributed by atoms with van der Waals surface area (Å²) in [5, 5.41) is 3.60. The van der Waals surface area contributed by atoms with Gasteiger partial charge in [0.15, 0.2) is 5.82 Å². The summed E-state index contributed by atoms with van der Waals surface area (Å²) in [6, 6.07) is 3.67. The van der Waals surface area contributed by atoms with Gasteiger partial charge in [0.2, 0.25) is 5.88 Å². The number of aromatic nitrogens is 2. The average molecular weight is 279 g/mol. The standard InChI is InChI=1S/C11H13N5O2S/c1-18-10-6(3-2-4-14-10)5-15-11-7(9(13)17)8(12)16-19-11/h2-4,15H,5H2,1H3,(H2,12,16)(H2,13,17). The fraction of sp³-hybridized carbons (Fsp3) is 0.182. The summed E-state index contributed by atoms with van der Waals surface area (Å²) < 4.78 is 9.04. The molecule has 0 spiro atoms. The van der Waals surface area contributed by atoms with Crippen LogP contribution in [0.15, 0.2) is 18.3 Å². The number of hydrogen-bond donors (Lipinski definition) is 3. The number of pyridine rings is 1. The molecular formula is C11H13N5O2S. The SMILES string of the molecule is COc1ncccc1CNc1snc(N)c1C(N)=O. The number of nitrogens with two attached hydrogens (primary N) is 2. The number of nitrogen functional groups attached to an aromatic ring is 1. The smallest absolute Gasteiger partial charge is 0.255 e. The summed E-state index contributed by atoms with van der Waals surface area (Å²) in [6.07, 6.45) is 1.64. The first-order valence-corrected chi connectivity index (χ1v) is 6.17. The van der Waals surface area contributed by atoms with Gasteiger partial charge in [-0.15, -0.1) is 0 Å². The molecule has 0 saturated carbocycles. The normalized spacial score (nSPS) is 10.2. The zero-order valence-electron chi connectivity index (χ0n) is 10.2. The predicted octanol–water partition coefficient (Wildman–Crippen LogP) is 0.840. The van der Waals surface area contributed by atoms with E-state index in [4.69, 9.17) is 16.2 Å². The molecule has 19 heavy (non-hydrogen) atoms. The van der Waals surface area contributed by atoms with Crippen molar-refractivity contribution in [3.63, 3.8) is 0 Å². The van der Waals surface area contributed by atoms with Crippen molar-refractivity contribution < 1.29 is 9.53 Å². The van der Waals surface area contributed by atoms with Gasteiger partial charge in [0.05, 0.1) is 7.11 Å². The second-order valence-electron chi connectivity index (χ2n) is 3.66. The molecule has 2 rings (SSSR count). The molecule has 2 aromatic rings. The van der Waals surface area contributed by atoms with E-state index in [2.05, 4.69) is 14.7 Å². The van der Waals surface area contributed by atoms with Gasteiger partial charge in [0, 0.05) is 18.3 Å². The Morgan fingerprint density at radius 1 is 1.58 bits per heavy atom. The quantitative estimate of drug-likeness (QED) is 0.746. The van der Waals surface area contributed by atoms with Crippen molar-refractivity contribution >= 4 is 28.3 Å². The van der Waals surface area contributed by atoms with Crippen LogP contribution in [0.5, 0.6) is 5.88 Å². The molecule has 0 aliphatic rings. The fourth-order valence-electron chi connectivity index (χ4n) is 1.58. The van der Waals surface area contributed by atoms with E-state index < -0.39 is 5.91 Å². The summed E-state index contributed by atoms with van der Waals surface area (Å²) >= 11 is 1.09. The van der Waals surface area contributed by atoms with Crippen LogP contribution in [0.25, 0.3) is 0 Å². The molecule has 0 fully saturated rings. The van der Waals surface area contributed by atoms with Gasteiger partial charge >= 0.3 is 0 Å². The number of carbonyl (C=O) groups is 1. The molecule has 2 aromatic heterocycles. The van der Waals surface area contributed by atoms with E-state index in [0.717, 1.165) is 17.1 Å². The molecule has 7 nitrogen and oxygen atoms in total. The number of hydrogen-bond acceptors (Lipinski definition) is 7. The van der Waals surface area contributed by atoms with Gasteiger partial charge in [-0.3, -0.25) is 4.79 Å². The van der Waals surface area contributed by atoms with E-state index in [-0.39, 0.29) is 11.4 Å². The number of primary amides is 1. The van der Waals surface area contributed by atoms with Crippen LogP contribution in [0.1, 0.15) is 15.9 Å². The van der Waals surface area contributed by atoms with E-state index in [1.54, 1.807) is 19.4 Å². The van der Waals surface area contributed by atoms with Gasteiger partial charge in [0.1, 0.15) is 10.6 Å². The Morgan fingerprint density at radius 2 is 2.37 bits per heavy atom. The van der Waals surface area contributed by atoms with Crippen LogP contribution in [0.2, 0.25) is 0 Å². The molecule has 0 atom stereocenters. The molecule has 0 radical (unpaired) electrons. The highest BCUT2D eigenvalue weighted by Crippen LogP contribution is 2.27. The summed E-state index contributed by atoms with van der Waals surface area (Å²) in [5.41, 5.74) is 11.9. The lowest BCUT2D eigenvalue weighted by Gasteiger charge is -2.08. The summed E-state index contributed by atoms with van der Waals surface area (Å²) in [4.78, 5) is 15.4. The highest BCUT2D eigenvalue weighted by Gasteiger charge is 2.16. The molecular weight excluding hydrogens is 266 g/mol. The number of amides is 1.